The van der Waals surface area contributed by atoms with Gasteiger partial charge in [-0.1, -0.05) is 72.1 Å². The van der Waals surface area contributed by atoms with E-state index in [0.29, 0.717) is 32.6 Å². The first kappa shape index (κ1) is 29.8. The molecule has 0 heterocycles. The third-order valence-electron chi connectivity index (χ3n) is 6.09. The van der Waals surface area contributed by atoms with E-state index in [2.05, 4.69) is 5.32 Å². The molecule has 0 saturated heterocycles. The molecule has 202 valence electrons. The zero-order valence-electron chi connectivity index (χ0n) is 21.1. The smallest absolute Gasteiger partial charge is 0.264 e. The Morgan fingerprint density at radius 1 is 0.921 bits per heavy atom. The summed E-state index contributed by atoms with van der Waals surface area (Å²) >= 11 is 18.6. The molecule has 0 bridgehead atoms. The molecule has 0 unspecified atom stereocenters. The van der Waals surface area contributed by atoms with Gasteiger partial charge in [-0.25, -0.2) is 8.42 Å². The van der Waals surface area contributed by atoms with E-state index in [1.807, 2.05) is 0 Å². The molecule has 0 spiro atoms. The number of rotatable bonds is 10. The molecule has 3 aromatic carbocycles. The van der Waals surface area contributed by atoms with Crippen LogP contribution in [0.15, 0.2) is 71.6 Å². The molecule has 1 atom stereocenters. The molecular weight excluding hydrogens is 569 g/mol. The minimum absolute atomic E-state index is 0.00933. The van der Waals surface area contributed by atoms with Crippen LogP contribution >= 0.6 is 34.8 Å². The zero-order valence-corrected chi connectivity index (χ0v) is 24.2. The first-order valence-corrected chi connectivity index (χ1v) is 14.4. The predicted molar refractivity (Wildman–Crippen MR) is 152 cm³/mol. The molecule has 0 radical (unpaired) electrons. The Bertz CT molecular complexity index is 1420. The Morgan fingerprint density at radius 3 is 2.21 bits per heavy atom. The molecule has 0 aromatic heterocycles. The number of hydrogen-bond acceptors (Lipinski definition) is 4. The van der Waals surface area contributed by atoms with Crippen molar-refractivity contribution in [2.75, 3.05) is 17.9 Å². The van der Waals surface area contributed by atoms with Crippen LogP contribution < -0.4 is 9.62 Å². The highest BCUT2D eigenvalue weighted by molar-refractivity contribution is 7.92. The number of likely N-dealkylation sites (N-methyl/N-ethyl adjacent to an activating group) is 1. The van der Waals surface area contributed by atoms with Crippen molar-refractivity contribution in [3.8, 4) is 0 Å². The fraction of sp³-hybridized carbons (Fsp3) is 0.259. The third-order valence-corrected chi connectivity index (χ3v) is 9.01. The Kier molecular flexibility index (Phi) is 10.1. The van der Waals surface area contributed by atoms with Crippen LogP contribution in [0.4, 0.5) is 5.69 Å². The van der Waals surface area contributed by atoms with Gasteiger partial charge in [0.15, 0.2) is 0 Å². The minimum atomic E-state index is -4.18. The van der Waals surface area contributed by atoms with Gasteiger partial charge in [0.05, 0.1) is 20.6 Å². The van der Waals surface area contributed by atoms with E-state index in [-0.39, 0.29) is 23.0 Å². The Labute approximate surface area is 238 Å². The summed E-state index contributed by atoms with van der Waals surface area (Å²) in [5.41, 5.74) is 1.39. The Hall–Kier alpha value is -2.78. The summed E-state index contributed by atoms with van der Waals surface area (Å²) in [6.45, 7) is 2.90. The topological polar surface area (TPSA) is 86.8 Å². The van der Waals surface area contributed by atoms with E-state index in [9.17, 15) is 18.0 Å². The average Bonchev–Trinajstić information content (AvgIpc) is 2.91. The average molecular weight is 597 g/mol. The molecule has 0 aliphatic carbocycles. The van der Waals surface area contributed by atoms with Crippen LogP contribution in [0.1, 0.15) is 24.5 Å². The van der Waals surface area contributed by atoms with Gasteiger partial charge in [0.2, 0.25) is 11.8 Å². The third kappa shape index (κ3) is 6.61. The van der Waals surface area contributed by atoms with Crippen LogP contribution in [-0.2, 0) is 26.2 Å². The van der Waals surface area contributed by atoms with Gasteiger partial charge in [-0.05, 0) is 60.9 Å². The number of hydrogen-bond donors (Lipinski definition) is 1. The monoisotopic (exact) mass is 595 g/mol. The second kappa shape index (κ2) is 12.8. The summed E-state index contributed by atoms with van der Waals surface area (Å²) in [5.74, 6) is -0.956. The summed E-state index contributed by atoms with van der Waals surface area (Å²) in [7, 11) is -2.70. The predicted octanol–water partition coefficient (Wildman–Crippen LogP) is 5.70. The largest absolute Gasteiger partial charge is 0.357 e. The highest BCUT2D eigenvalue weighted by atomic mass is 35.5. The first-order chi connectivity index (χ1) is 18.0. The van der Waals surface area contributed by atoms with Gasteiger partial charge in [-0.2, -0.15) is 0 Å². The highest BCUT2D eigenvalue weighted by Crippen LogP contribution is 2.31. The molecule has 3 rings (SSSR count). The number of amides is 2. The Morgan fingerprint density at radius 2 is 1.61 bits per heavy atom. The molecule has 7 nitrogen and oxygen atoms in total. The number of carbonyl (C=O) groups is 2. The van der Waals surface area contributed by atoms with E-state index in [1.165, 1.54) is 24.1 Å². The number of carbonyl (C=O) groups excluding carboxylic acids is 2. The van der Waals surface area contributed by atoms with Crippen molar-refractivity contribution in [2.24, 2.45) is 0 Å². The molecule has 1 N–H and O–H groups in total. The van der Waals surface area contributed by atoms with Crippen molar-refractivity contribution in [2.45, 2.75) is 37.8 Å². The maximum absolute atomic E-state index is 13.9. The molecule has 38 heavy (non-hydrogen) atoms. The number of benzene rings is 3. The van der Waals surface area contributed by atoms with Crippen LogP contribution in [0, 0.1) is 6.92 Å². The van der Waals surface area contributed by atoms with Crippen molar-refractivity contribution < 1.29 is 18.0 Å². The fourth-order valence-corrected chi connectivity index (χ4v) is 6.00. The number of anilines is 1. The van der Waals surface area contributed by atoms with Gasteiger partial charge < -0.3 is 10.2 Å². The van der Waals surface area contributed by atoms with Gasteiger partial charge in [-0.3, -0.25) is 13.9 Å². The maximum atomic E-state index is 13.9. The van der Waals surface area contributed by atoms with Crippen LogP contribution in [0.3, 0.4) is 0 Å². The standard InChI is InChI=1S/C27H28Cl3N3O4S/c1-4-24(27(35)31-3)32(16-19-13-14-22(29)23(30)15-19)26(34)17-33(25-12-8-11-21(28)18(25)2)38(36,37)20-9-6-5-7-10-20/h5-15,24H,4,16-17H2,1-3H3,(H,31,35)/t24-/m1/s1. The van der Waals surface area contributed by atoms with Crippen molar-refractivity contribution in [1.29, 1.82) is 0 Å². The van der Waals surface area contributed by atoms with Gasteiger partial charge in [-0.15, -0.1) is 0 Å². The van der Waals surface area contributed by atoms with E-state index >= 15 is 0 Å². The highest BCUT2D eigenvalue weighted by Gasteiger charge is 2.34. The van der Waals surface area contributed by atoms with Gasteiger partial charge >= 0.3 is 0 Å². The van der Waals surface area contributed by atoms with Crippen LogP contribution in [0.2, 0.25) is 15.1 Å². The van der Waals surface area contributed by atoms with Crippen LogP contribution in [-0.4, -0.2) is 44.8 Å². The van der Waals surface area contributed by atoms with Crippen molar-refractivity contribution in [3.63, 3.8) is 0 Å². The SMILES string of the molecule is CC[C@H](C(=O)NC)N(Cc1ccc(Cl)c(Cl)c1)C(=O)CN(c1cccc(Cl)c1C)S(=O)(=O)c1ccccc1. The summed E-state index contributed by atoms with van der Waals surface area (Å²) in [5, 5.41) is 3.59. The summed E-state index contributed by atoms with van der Waals surface area (Å²) in [6, 6.07) is 16.7. The summed E-state index contributed by atoms with van der Waals surface area (Å²) in [4.78, 5) is 28.1. The van der Waals surface area contributed by atoms with E-state index < -0.39 is 28.5 Å². The second-order valence-electron chi connectivity index (χ2n) is 8.52. The molecular formula is C27H28Cl3N3O4S. The lowest BCUT2D eigenvalue weighted by atomic mass is 10.1. The minimum Gasteiger partial charge on any atom is -0.357 e. The van der Waals surface area contributed by atoms with Crippen LogP contribution in [0.25, 0.3) is 0 Å². The molecule has 0 saturated carbocycles. The zero-order chi connectivity index (χ0) is 28.0. The number of sulfonamides is 1. The normalized spacial score (nSPS) is 12.1. The second-order valence-corrected chi connectivity index (χ2v) is 11.6. The van der Waals surface area contributed by atoms with Crippen LogP contribution in [0.5, 0.6) is 0 Å². The molecule has 11 heteroatoms. The van der Waals surface area contributed by atoms with Crippen molar-refractivity contribution >= 4 is 62.3 Å². The number of nitrogens with zero attached hydrogens (tertiary/aromatic N) is 2. The van der Waals surface area contributed by atoms with Gasteiger partial charge in [0.25, 0.3) is 10.0 Å². The molecule has 0 aliphatic rings. The van der Waals surface area contributed by atoms with E-state index in [4.69, 9.17) is 34.8 Å². The van der Waals surface area contributed by atoms with E-state index in [1.54, 1.807) is 68.4 Å². The molecule has 2 amide bonds. The van der Waals surface area contributed by atoms with Crippen molar-refractivity contribution in [3.05, 3.63) is 92.9 Å². The summed E-state index contributed by atoms with van der Waals surface area (Å²) < 4.78 is 28.7. The maximum Gasteiger partial charge on any atom is 0.264 e. The van der Waals surface area contributed by atoms with Gasteiger partial charge in [0.1, 0.15) is 12.6 Å². The molecule has 0 aliphatic heterocycles. The first-order valence-electron chi connectivity index (χ1n) is 11.8. The summed E-state index contributed by atoms with van der Waals surface area (Å²) in [6.07, 6.45) is 0.300. The quantitative estimate of drug-likeness (QED) is 0.325. The molecule has 3 aromatic rings. The van der Waals surface area contributed by atoms with Gasteiger partial charge in [0, 0.05) is 18.6 Å². The van der Waals surface area contributed by atoms with E-state index in [0.717, 1.165) is 4.31 Å². The van der Waals surface area contributed by atoms with Crippen molar-refractivity contribution in [1.82, 2.24) is 10.2 Å². The fourth-order valence-electron chi connectivity index (χ4n) is 4.02. The number of halogens is 3. The lowest BCUT2D eigenvalue weighted by molar-refractivity contribution is -0.140. The lowest BCUT2D eigenvalue weighted by Gasteiger charge is -2.33. The lowest BCUT2D eigenvalue weighted by Crippen LogP contribution is -2.51. The number of nitrogens with one attached hydrogen (secondary N) is 1. The Balaban J connectivity index is 2.10. The molecule has 0 fully saturated rings.